The summed E-state index contributed by atoms with van der Waals surface area (Å²) in [6.45, 7) is 0. The summed E-state index contributed by atoms with van der Waals surface area (Å²) in [7, 11) is 0. The Kier molecular flexibility index (Phi) is 5.35. The zero-order valence-corrected chi connectivity index (χ0v) is 19.2. The lowest BCUT2D eigenvalue weighted by molar-refractivity contribution is 0.0697. The smallest absolute Gasteiger partial charge is 0.335 e. The van der Waals surface area contributed by atoms with E-state index in [0.717, 1.165) is 44.5 Å². The van der Waals surface area contributed by atoms with Crippen molar-refractivity contribution in [2.75, 3.05) is 0 Å². The predicted octanol–water partition coefficient (Wildman–Crippen LogP) is 7.12. The largest absolute Gasteiger partial charge is 0.478 e. The lowest BCUT2D eigenvalue weighted by atomic mass is 10.0. The Morgan fingerprint density at radius 1 is 0.639 bits per heavy atom. The van der Waals surface area contributed by atoms with Crippen LogP contribution in [0.2, 0.25) is 0 Å². The summed E-state index contributed by atoms with van der Waals surface area (Å²) in [6.07, 6.45) is 0. The normalized spacial score (nSPS) is 11.0. The van der Waals surface area contributed by atoms with Crippen LogP contribution in [-0.2, 0) is 0 Å². The molecule has 0 unspecified atom stereocenters. The molecule has 5 heteroatoms. The van der Waals surface area contributed by atoms with Gasteiger partial charge < -0.3 is 5.11 Å². The van der Waals surface area contributed by atoms with Gasteiger partial charge in [-0.25, -0.2) is 14.5 Å². The van der Waals surface area contributed by atoms with Gasteiger partial charge >= 0.3 is 5.97 Å². The van der Waals surface area contributed by atoms with E-state index in [0.29, 0.717) is 5.82 Å². The topological polar surface area (TPSA) is 68.0 Å². The number of aromatic nitrogens is 3. The molecule has 0 aliphatic carbocycles. The molecule has 0 bridgehead atoms. The number of carboxylic acid groups (broad SMARTS) is 1. The molecule has 0 saturated heterocycles. The molecule has 0 aliphatic heterocycles. The van der Waals surface area contributed by atoms with E-state index in [1.807, 2.05) is 83.5 Å². The first-order valence-electron chi connectivity index (χ1n) is 11.6. The van der Waals surface area contributed by atoms with Crippen LogP contribution in [0.3, 0.4) is 0 Å². The second-order valence-corrected chi connectivity index (χ2v) is 8.50. The minimum absolute atomic E-state index is 0.252. The van der Waals surface area contributed by atoms with Gasteiger partial charge in [-0.05, 0) is 40.8 Å². The van der Waals surface area contributed by atoms with Crippen molar-refractivity contribution in [3.63, 3.8) is 0 Å². The molecule has 1 N–H and O–H groups in total. The van der Waals surface area contributed by atoms with Crippen molar-refractivity contribution in [1.82, 2.24) is 14.8 Å². The third kappa shape index (κ3) is 3.93. The third-order valence-corrected chi connectivity index (χ3v) is 6.20. The van der Waals surface area contributed by atoms with Gasteiger partial charge in [0, 0.05) is 16.5 Å². The molecule has 1 aromatic heterocycles. The standard InChI is InChI=1S/C31H21N3O2/c35-31(36)26-16-7-14-24(20-26)23-13-6-15-25(19-23)29-32-30(22-10-2-1-3-11-22)34(33-29)28-18-8-12-21-9-4-5-17-27(21)28/h1-20H,(H,35,36). The van der Waals surface area contributed by atoms with Crippen LogP contribution >= 0.6 is 0 Å². The Morgan fingerprint density at radius 2 is 1.28 bits per heavy atom. The molecule has 0 aliphatic rings. The Morgan fingerprint density at radius 3 is 2.11 bits per heavy atom. The minimum atomic E-state index is -0.948. The molecule has 0 saturated carbocycles. The van der Waals surface area contributed by atoms with Crippen LogP contribution in [0.1, 0.15) is 10.4 Å². The van der Waals surface area contributed by atoms with E-state index < -0.39 is 5.97 Å². The summed E-state index contributed by atoms with van der Waals surface area (Å²) in [5.74, 6) is 0.397. The van der Waals surface area contributed by atoms with E-state index in [1.165, 1.54) is 0 Å². The van der Waals surface area contributed by atoms with Crippen LogP contribution in [0.4, 0.5) is 0 Å². The third-order valence-electron chi connectivity index (χ3n) is 6.20. The lowest BCUT2D eigenvalue weighted by Gasteiger charge is -2.09. The van der Waals surface area contributed by atoms with Gasteiger partial charge in [-0.3, -0.25) is 0 Å². The zero-order chi connectivity index (χ0) is 24.5. The number of rotatable bonds is 5. The number of carbonyl (C=O) groups is 1. The van der Waals surface area contributed by atoms with Gasteiger partial charge in [-0.2, -0.15) is 0 Å². The molecule has 5 aromatic carbocycles. The summed E-state index contributed by atoms with van der Waals surface area (Å²) >= 11 is 0. The number of fused-ring (bicyclic) bond motifs is 1. The van der Waals surface area contributed by atoms with Crippen LogP contribution in [0.5, 0.6) is 0 Å². The van der Waals surface area contributed by atoms with Gasteiger partial charge in [0.05, 0.1) is 11.3 Å². The quantitative estimate of drug-likeness (QED) is 0.293. The maximum atomic E-state index is 11.5. The van der Waals surface area contributed by atoms with Gasteiger partial charge in [-0.15, -0.1) is 5.10 Å². The number of hydrogen-bond acceptors (Lipinski definition) is 3. The highest BCUT2D eigenvalue weighted by Crippen LogP contribution is 2.31. The highest BCUT2D eigenvalue weighted by atomic mass is 16.4. The molecule has 6 rings (SSSR count). The molecule has 0 fully saturated rings. The molecule has 0 amide bonds. The van der Waals surface area contributed by atoms with E-state index in [4.69, 9.17) is 10.1 Å². The molecule has 36 heavy (non-hydrogen) atoms. The summed E-state index contributed by atoms with van der Waals surface area (Å²) in [5, 5.41) is 16.6. The van der Waals surface area contributed by atoms with Crippen LogP contribution in [0.25, 0.3) is 50.4 Å². The molecule has 0 atom stereocenters. The number of aromatic carboxylic acids is 1. The molecule has 6 aromatic rings. The summed E-state index contributed by atoms with van der Waals surface area (Å²) in [5.41, 5.74) is 4.75. The van der Waals surface area contributed by atoms with Gasteiger partial charge in [0.25, 0.3) is 0 Å². The number of hydrogen-bond donors (Lipinski definition) is 1. The molecule has 0 radical (unpaired) electrons. The second kappa shape index (κ2) is 8.96. The van der Waals surface area contributed by atoms with E-state index in [2.05, 4.69) is 24.3 Å². The summed E-state index contributed by atoms with van der Waals surface area (Å²) in [4.78, 5) is 16.4. The average molecular weight is 468 g/mol. The van der Waals surface area contributed by atoms with Crippen molar-refractivity contribution < 1.29 is 9.90 Å². The van der Waals surface area contributed by atoms with Crippen molar-refractivity contribution in [2.45, 2.75) is 0 Å². The average Bonchev–Trinajstić information content (AvgIpc) is 3.39. The van der Waals surface area contributed by atoms with E-state index in [9.17, 15) is 9.90 Å². The molecule has 5 nitrogen and oxygen atoms in total. The number of nitrogens with zero attached hydrogens (tertiary/aromatic N) is 3. The van der Waals surface area contributed by atoms with Crippen molar-refractivity contribution in [3.05, 3.63) is 127 Å². The molecular weight excluding hydrogens is 446 g/mol. The highest BCUT2D eigenvalue weighted by molar-refractivity contribution is 5.91. The van der Waals surface area contributed by atoms with Crippen molar-refractivity contribution >= 4 is 16.7 Å². The zero-order valence-electron chi connectivity index (χ0n) is 19.2. The van der Waals surface area contributed by atoms with Crippen molar-refractivity contribution in [1.29, 1.82) is 0 Å². The molecule has 0 spiro atoms. The Labute approximate surface area is 207 Å². The molecule has 1 heterocycles. The summed E-state index contributed by atoms with van der Waals surface area (Å²) in [6, 6.07) is 39.3. The predicted molar refractivity (Wildman–Crippen MR) is 142 cm³/mol. The SMILES string of the molecule is O=C(O)c1cccc(-c2cccc(-c3nc(-c4ccccc4)n(-c4cccc5ccccc45)n3)c2)c1. The minimum Gasteiger partial charge on any atom is -0.478 e. The Balaban J connectivity index is 1.52. The molecular formula is C31H21N3O2. The van der Waals surface area contributed by atoms with Crippen LogP contribution in [0.15, 0.2) is 121 Å². The fraction of sp³-hybridized carbons (Fsp3) is 0. The maximum Gasteiger partial charge on any atom is 0.335 e. The van der Waals surface area contributed by atoms with Crippen molar-refractivity contribution in [2.24, 2.45) is 0 Å². The summed E-state index contributed by atoms with van der Waals surface area (Å²) < 4.78 is 1.91. The first-order chi connectivity index (χ1) is 17.7. The van der Waals surface area contributed by atoms with Gasteiger partial charge in [0.1, 0.15) is 0 Å². The second-order valence-electron chi connectivity index (χ2n) is 8.50. The lowest BCUT2D eigenvalue weighted by Crippen LogP contribution is -2.00. The fourth-order valence-electron chi connectivity index (χ4n) is 4.44. The van der Waals surface area contributed by atoms with E-state index in [-0.39, 0.29) is 5.56 Å². The monoisotopic (exact) mass is 467 g/mol. The van der Waals surface area contributed by atoms with Crippen LogP contribution < -0.4 is 0 Å². The van der Waals surface area contributed by atoms with Gasteiger partial charge in [-0.1, -0.05) is 97.1 Å². The fourth-order valence-corrected chi connectivity index (χ4v) is 4.44. The molecule has 172 valence electrons. The highest BCUT2D eigenvalue weighted by Gasteiger charge is 2.17. The van der Waals surface area contributed by atoms with Crippen molar-refractivity contribution in [3.8, 4) is 39.6 Å². The number of benzene rings is 5. The van der Waals surface area contributed by atoms with Crippen LogP contribution in [-0.4, -0.2) is 25.8 Å². The van der Waals surface area contributed by atoms with Crippen LogP contribution in [0, 0.1) is 0 Å². The van der Waals surface area contributed by atoms with E-state index in [1.54, 1.807) is 18.2 Å². The maximum absolute atomic E-state index is 11.5. The number of carboxylic acids is 1. The first-order valence-corrected chi connectivity index (χ1v) is 11.6. The van der Waals surface area contributed by atoms with E-state index >= 15 is 0 Å². The Hall–Kier alpha value is -5.03. The Bertz CT molecular complexity index is 1720. The first kappa shape index (κ1) is 21.5. The van der Waals surface area contributed by atoms with Gasteiger partial charge in [0.2, 0.25) is 0 Å². The van der Waals surface area contributed by atoms with Gasteiger partial charge in [0.15, 0.2) is 11.6 Å².